The third kappa shape index (κ3) is 3.43. The number of nitrogens with zero attached hydrogens (tertiary/aromatic N) is 1. The molecule has 0 saturated heterocycles. The first kappa shape index (κ1) is 18.0. The van der Waals surface area contributed by atoms with Gasteiger partial charge in [0, 0.05) is 11.6 Å². The number of anilines is 2. The van der Waals surface area contributed by atoms with Gasteiger partial charge < -0.3 is 5.73 Å². The Bertz CT molecular complexity index is 1100. The molecule has 0 atom stereocenters. The number of nitrogens with one attached hydrogen (secondary N) is 1. The third-order valence-corrected chi connectivity index (χ3v) is 5.16. The number of para-hydroxylation sites is 1. The van der Waals surface area contributed by atoms with Crippen molar-refractivity contribution in [2.75, 3.05) is 10.5 Å². The maximum Gasteiger partial charge on any atom is 0.416 e. The Kier molecular flexibility index (Phi) is 4.27. The Labute approximate surface area is 147 Å². The highest BCUT2D eigenvalue weighted by atomic mass is 32.2. The molecule has 0 saturated carbocycles. The van der Waals surface area contributed by atoms with Gasteiger partial charge in [-0.3, -0.25) is 9.71 Å². The molecule has 3 rings (SSSR count). The monoisotopic (exact) mass is 381 g/mol. The molecule has 5 nitrogen and oxygen atoms in total. The number of rotatable bonds is 3. The molecule has 3 N–H and O–H groups in total. The minimum Gasteiger partial charge on any atom is -0.398 e. The lowest BCUT2D eigenvalue weighted by Crippen LogP contribution is -2.16. The summed E-state index contributed by atoms with van der Waals surface area (Å²) in [5.74, 6) is 0. The first-order chi connectivity index (χ1) is 12.1. The number of aromatic nitrogens is 1. The van der Waals surface area contributed by atoms with Gasteiger partial charge in [0.25, 0.3) is 10.0 Å². The molecule has 0 aliphatic heterocycles. The van der Waals surface area contributed by atoms with Crippen molar-refractivity contribution in [2.24, 2.45) is 0 Å². The molecular weight excluding hydrogens is 367 g/mol. The van der Waals surface area contributed by atoms with Crippen molar-refractivity contribution in [1.29, 1.82) is 0 Å². The van der Waals surface area contributed by atoms with Crippen molar-refractivity contribution in [3.8, 4) is 0 Å². The molecule has 0 radical (unpaired) electrons. The number of fused-ring (bicyclic) bond motifs is 1. The molecule has 3 aromatic rings. The fraction of sp³-hybridized carbons (Fsp3) is 0.118. The molecule has 9 heteroatoms. The Morgan fingerprint density at radius 3 is 2.50 bits per heavy atom. The highest BCUT2D eigenvalue weighted by Gasteiger charge is 2.32. The fourth-order valence-corrected chi connectivity index (χ4v) is 3.70. The van der Waals surface area contributed by atoms with Crippen LogP contribution in [0.15, 0.2) is 53.6 Å². The molecule has 1 aromatic heterocycles. The molecule has 0 amide bonds. The molecule has 0 fully saturated rings. The number of hydrogen-bond acceptors (Lipinski definition) is 4. The van der Waals surface area contributed by atoms with Crippen molar-refractivity contribution >= 4 is 32.3 Å². The van der Waals surface area contributed by atoms with Gasteiger partial charge in [0.1, 0.15) is 4.90 Å². The molecule has 1 heterocycles. The van der Waals surface area contributed by atoms with E-state index in [1.54, 1.807) is 18.3 Å². The molecule has 0 bridgehead atoms. The number of aryl methyl sites for hydroxylation is 1. The lowest BCUT2D eigenvalue weighted by molar-refractivity contribution is -0.137. The first-order valence-electron chi connectivity index (χ1n) is 7.43. The van der Waals surface area contributed by atoms with E-state index in [1.165, 1.54) is 6.07 Å². The van der Waals surface area contributed by atoms with Crippen LogP contribution in [0.5, 0.6) is 0 Å². The van der Waals surface area contributed by atoms with Gasteiger partial charge in [-0.25, -0.2) is 8.42 Å². The molecule has 0 unspecified atom stereocenters. The van der Waals surface area contributed by atoms with Crippen LogP contribution in [0, 0.1) is 6.92 Å². The summed E-state index contributed by atoms with van der Waals surface area (Å²) in [6.07, 6.45) is -3.02. The minimum atomic E-state index is -4.61. The molecule has 0 aliphatic rings. The van der Waals surface area contributed by atoms with E-state index < -0.39 is 32.3 Å². The van der Waals surface area contributed by atoms with E-state index in [2.05, 4.69) is 9.71 Å². The summed E-state index contributed by atoms with van der Waals surface area (Å²) in [5, 5.41) is 0.727. The van der Waals surface area contributed by atoms with Gasteiger partial charge >= 0.3 is 6.18 Å². The van der Waals surface area contributed by atoms with Crippen LogP contribution in [-0.4, -0.2) is 13.4 Å². The standard InChI is InChI=1S/C17H14F3N3O2S/c1-10-7-11-3-2-4-14(16(11)22-9-10)23-26(24,25)15-6-5-12(8-13(15)21)17(18,19)20/h2-9,23H,21H2,1H3. The molecular formula is C17H14F3N3O2S. The van der Waals surface area contributed by atoms with Crippen LogP contribution in [0.25, 0.3) is 10.9 Å². The third-order valence-electron chi connectivity index (χ3n) is 3.72. The summed E-state index contributed by atoms with van der Waals surface area (Å²) < 4.78 is 65.7. The minimum absolute atomic E-state index is 0.210. The first-order valence-corrected chi connectivity index (χ1v) is 8.91. The summed E-state index contributed by atoms with van der Waals surface area (Å²) in [6.45, 7) is 1.85. The maximum atomic E-state index is 12.7. The maximum absolute atomic E-state index is 12.7. The van der Waals surface area contributed by atoms with Crippen LogP contribution >= 0.6 is 0 Å². The number of benzene rings is 2. The van der Waals surface area contributed by atoms with Gasteiger partial charge in [0.05, 0.1) is 22.5 Å². The largest absolute Gasteiger partial charge is 0.416 e. The van der Waals surface area contributed by atoms with Crippen molar-refractivity contribution in [2.45, 2.75) is 18.0 Å². The van der Waals surface area contributed by atoms with Gasteiger partial charge in [0.15, 0.2) is 0 Å². The van der Waals surface area contributed by atoms with Crippen molar-refractivity contribution in [1.82, 2.24) is 4.98 Å². The van der Waals surface area contributed by atoms with Crippen LogP contribution in [0.3, 0.4) is 0 Å². The van der Waals surface area contributed by atoms with Gasteiger partial charge in [-0.1, -0.05) is 12.1 Å². The van der Waals surface area contributed by atoms with Crippen LogP contribution in [-0.2, 0) is 16.2 Å². The van der Waals surface area contributed by atoms with Crippen LogP contribution in [0.1, 0.15) is 11.1 Å². The van der Waals surface area contributed by atoms with Gasteiger partial charge in [-0.15, -0.1) is 0 Å². The Morgan fingerprint density at radius 1 is 1.12 bits per heavy atom. The fourth-order valence-electron chi connectivity index (χ4n) is 2.52. The molecule has 136 valence electrons. The summed E-state index contributed by atoms with van der Waals surface area (Å²) >= 11 is 0. The van der Waals surface area contributed by atoms with E-state index in [0.29, 0.717) is 17.6 Å². The summed E-state index contributed by atoms with van der Waals surface area (Å²) in [6, 6.07) is 8.89. The van der Waals surface area contributed by atoms with Gasteiger partial charge in [-0.2, -0.15) is 13.2 Å². The second kappa shape index (κ2) is 6.17. The van der Waals surface area contributed by atoms with Crippen LogP contribution < -0.4 is 10.5 Å². The number of nitrogens with two attached hydrogens (primary N) is 1. The molecule has 0 aliphatic carbocycles. The summed E-state index contributed by atoms with van der Waals surface area (Å²) in [4.78, 5) is 3.78. The van der Waals surface area contributed by atoms with Crippen molar-refractivity contribution in [3.05, 3.63) is 59.8 Å². The highest BCUT2D eigenvalue weighted by molar-refractivity contribution is 7.93. The van der Waals surface area contributed by atoms with E-state index in [4.69, 9.17) is 5.73 Å². The number of alkyl halides is 3. The number of hydrogen-bond donors (Lipinski definition) is 2. The zero-order valence-electron chi connectivity index (χ0n) is 13.5. The average molecular weight is 381 g/mol. The van der Waals surface area contributed by atoms with Gasteiger partial charge in [0.2, 0.25) is 0 Å². The highest BCUT2D eigenvalue weighted by Crippen LogP contribution is 2.33. The van der Waals surface area contributed by atoms with E-state index in [9.17, 15) is 21.6 Å². The van der Waals surface area contributed by atoms with E-state index >= 15 is 0 Å². The van der Waals surface area contributed by atoms with Crippen LogP contribution in [0.4, 0.5) is 24.5 Å². The van der Waals surface area contributed by atoms with Crippen molar-refractivity contribution in [3.63, 3.8) is 0 Å². The average Bonchev–Trinajstić information content (AvgIpc) is 2.53. The number of halogens is 3. The van der Waals surface area contributed by atoms with E-state index in [-0.39, 0.29) is 5.69 Å². The lowest BCUT2D eigenvalue weighted by Gasteiger charge is -2.14. The van der Waals surface area contributed by atoms with E-state index in [0.717, 1.165) is 17.0 Å². The number of pyridine rings is 1. The summed E-state index contributed by atoms with van der Waals surface area (Å²) in [7, 11) is -4.19. The van der Waals surface area contributed by atoms with Gasteiger partial charge in [-0.05, 0) is 42.8 Å². The van der Waals surface area contributed by atoms with Crippen molar-refractivity contribution < 1.29 is 21.6 Å². The SMILES string of the molecule is Cc1cnc2c(NS(=O)(=O)c3ccc(C(F)(F)F)cc3N)cccc2c1. The quantitative estimate of drug-likeness (QED) is 0.673. The second-order valence-corrected chi connectivity index (χ2v) is 7.40. The topological polar surface area (TPSA) is 85.1 Å². The zero-order valence-corrected chi connectivity index (χ0v) is 14.3. The molecule has 0 spiro atoms. The predicted molar refractivity (Wildman–Crippen MR) is 93.1 cm³/mol. The molecule has 26 heavy (non-hydrogen) atoms. The predicted octanol–water partition coefficient (Wildman–Crippen LogP) is 3.95. The summed E-state index contributed by atoms with van der Waals surface area (Å²) in [5.41, 5.74) is 5.59. The Morgan fingerprint density at radius 2 is 1.85 bits per heavy atom. The number of nitrogen functional groups attached to an aromatic ring is 1. The smallest absolute Gasteiger partial charge is 0.398 e. The number of sulfonamides is 1. The van der Waals surface area contributed by atoms with Crippen LogP contribution in [0.2, 0.25) is 0 Å². The lowest BCUT2D eigenvalue weighted by atomic mass is 10.1. The van der Waals surface area contributed by atoms with E-state index in [1.807, 2.05) is 13.0 Å². The molecule has 2 aromatic carbocycles. The second-order valence-electron chi connectivity index (χ2n) is 5.75. The Balaban J connectivity index is 2.03. The normalized spacial score (nSPS) is 12.3. The zero-order chi connectivity index (χ0) is 19.1. The Hall–Kier alpha value is -2.81.